The molecule has 0 unspecified atom stereocenters. The molecule has 19 heavy (non-hydrogen) atoms. The third-order valence-electron chi connectivity index (χ3n) is 3.57. The van der Waals surface area contributed by atoms with Crippen LogP contribution in [0.15, 0.2) is 22.0 Å². The van der Waals surface area contributed by atoms with E-state index < -0.39 is 0 Å². The highest BCUT2D eigenvalue weighted by atomic mass is 79.9. The molecule has 0 amide bonds. The number of nitrogens with zero attached hydrogens (tertiary/aromatic N) is 2. The van der Waals surface area contributed by atoms with Crippen molar-refractivity contribution < 1.29 is 0 Å². The summed E-state index contributed by atoms with van der Waals surface area (Å²) in [6.45, 7) is 0. The van der Waals surface area contributed by atoms with E-state index in [1.807, 2.05) is 13.1 Å². The zero-order valence-corrected chi connectivity index (χ0v) is 13.2. The van der Waals surface area contributed by atoms with Crippen LogP contribution in [-0.2, 0) is 0 Å². The van der Waals surface area contributed by atoms with Gasteiger partial charge in [0.25, 0.3) is 0 Å². The summed E-state index contributed by atoms with van der Waals surface area (Å²) in [5, 5.41) is 3.15. The molecule has 3 nitrogen and oxygen atoms in total. The summed E-state index contributed by atoms with van der Waals surface area (Å²) in [4.78, 5) is 10.5. The van der Waals surface area contributed by atoms with Crippen molar-refractivity contribution in [3.63, 3.8) is 0 Å². The van der Waals surface area contributed by atoms with Crippen molar-refractivity contribution in [1.82, 2.24) is 9.97 Å². The summed E-state index contributed by atoms with van der Waals surface area (Å²) >= 11 is 5.17. The highest BCUT2D eigenvalue weighted by Crippen LogP contribution is 2.36. The Morgan fingerprint density at radius 1 is 1.26 bits per heavy atom. The lowest BCUT2D eigenvalue weighted by Crippen LogP contribution is -2.03. The largest absolute Gasteiger partial charge is 0.373 e. The van der Waals surface area contributed by atoms with Crippen molar-refractivity contribution in [2.24, 2.45) is 0 Å². The fraction of sp³-hybridized carbons (Fsp3) is 0.429. The lowest BCUT2D eigenvalue weighted by molar-refractivity contribution is 0.696. The minimum atomic E-state index is 0.609. The Morgan fingerprint density at radius 2 is 2.05 bits per heavy atom. The van der Waals surface area contributed by atoms with Crippen LogP contribution in [0.4, 0.5) is 5.82 Å². The molecular formula is C14H16BrN3S. The second-order valence-electron chi connectivity index (χ2n) is 4.84. The smallest absolute Gasteiger partial charge is 0.171 e. The second kappa shape index (κ2) is 5.59. The topological polar surface area (TPSA) is 37.8 Å². The zero-order chi connectivity index (χ0) is 13.2. The third-order valence-corrected chi connectivity index (χ3v) is 5.19. The van der Waals surface area contributed by atoms with Crippen molar-refractivity contribution >= 4 is 33.1 Å². The Morgan fingerprint density at radius 3 is 2.68 bits per heavy atom. The molecule has 3 rings (SSSR count). The van der Waals surface area contributed by atoms with Gasteiger partial charge in [0, 0.05) is 24.7 Å². The molecule has 2 aromatic heterocycles. The predicted molar refractivity (Wildman–Crippen MR) is 83.8 cm³/mol. The summed E-state index contributed by atoms with van der Waals surface area (Å²) < 4.78 is 1.11. The number of halogens is 1. The quantitative estimate of drug-likeness (QED) is 0.884. The summed E-state index contributed by atoms with van der Waals surface area (Å²) in [6.07, 6.45) is 5.16. The first-order chi connectivity index (χ1) is 9.26. The molecule has 5 heteroatoms. The van der Waals surface area contributed by atoms with Gasteiger partial charge in [-0.05, 0) is 40.9 Å². The Labute approximate surface area is 125 Å². The van der Waals surface area contributed by atoms with E-state index in [2.05, 4.69) is 38.4 Å². The van der Waals surface area contributed by atoms with Crippen LogP contribution < -0.4 is 5.32 Å². The van der Waals surface area contributed by atoms with Crippen LogP contribution in [0, 0.1) is 0 Å². The predicted octanol–water partition coefficient (Wildman–Crippen LogP) is 4.67. The minimum Gasteiger partial charge on any atom is -0.373 e. The molecule has 1 fully saturated rings. The van der Waals surface area contributed by atoms with Crippen LogP contribution >= 0.6 is 27.3 Å². The van der Waals surface area contributed by atoms with Gasteiger partial charge in [0.1, 0.15) is 5.82 Å². The Bertz CT molecular complexity index is 576. The van der Waals surface area contributed by atoms with Crippen molar-refractivity contribution in [2.45, 2.75) is 31.6 Å². The zero-order valence-electron chi connectivity index (χ0n) is 10.8. The van der Waals surface area contributed by atoms with Gasteiger partial charge in [-0.3, -0.25) is 0 Å². The molecule has 1 saturated carbocycles. The lowest BCUT2D eigenvalue weighted by atomic mass is 10.0. The van der Waals surface area contributed by atoms with E-state index in [1.165, 1.54) is 31.4 Å². The average molecular weight is 338 g/mol. The normalized spacial score (nSPS) is 15.9. The number of rotatable bonds is 3. The third kappa shape index (κ3) is 2.82. The number of nitrogens with one attached hydrogen (secondary N) is 1. The standard InChI is InChI=1S/C14H16BrN3S/c1-16-13-8-10(9-4-2-3-5-9)17-14(18-13)11-6-7-12(15)19-11/h6-9H,2-5H2,1H3,(H,16,17,18). The molecule has 2 aromatic rings. The summed E-state index contributed by atoms with van der Waals surface area (Å²) in [6, 6.07) is 6.22. The number of anilines is 1. The first kappa shape index (κ1) is 13.1. The van der Waals surface area contributed by atoms with Gasteiger partial charge >= 0.3 is 0 Å². The molecular weight excluding hydrogens is 322 g/mol. The number of hydrogen-bond donors (Lipinski definition) is 1. The van der Waals surface area contributed by atoms with Gasteiger partial charge in [-0.2, -0.15) is 0 Å². The number of hydrogen-bond acceptors (Lipinski definition) is 4. The summed E-state index contributed by atoms with van der Waals surface area (Å²) in [7, 11) is 1.91. The van der Waals surface area contributed by atoms with Crippen LogP contribution in [0.5, 0.6) is 0 Å². The van der Waals surface area contributed by atoms with Crippen LogP contribution in [0.2, 0.25) is 0 Å². The SMILES string of the molecule is CNc1cc(C2CCCC2)nc(-c2ccc(Br)s2)n1. The molecule has 0 bridgehead atoms. The number of aromatic nitrogens is 2. The van der Waals surface area contributed by atoms with E-state index in [1.54, 1.807) is 11.3 Å². The van der Waals surface area contributed by atoms with Gasteiger partial charge in [-0.1, -0.05) is 12.8 Å². The molecule has 0 atom stereocenters. The fourth-order valence-corrected chi connectivity index (χ4v) is 3.89. The average Bonchev–Trinajstić information content (AvgIpc) is 3.09. The first-order valence-electron chi connectivity index (χ1n) is 6.58. The van der Waals surface area contributed by atoms with Gasteiger partial charge in [-0.25, -0.2) is 9.97 Å². The summed E-state index contributed by atoms with van der Waals surface area (Å²) in [5.74, 6) is 2.36. The molecule has 100 valence electrons. The maximum atomic E-state index is 4.79. The molecule has 2 heterocycles. The van der Waals surface area contributed by atoms with Crippen LogP contribution in [-0.4, -0.2) is 17.0 Å². The lowest BCUT2D eigenvalue weighted by Gasteiger charge is -2.11. The Hall–Kier alpha value is -0.940. The van der Waals surface area contributed by atoms with Gasteiger partial charge in [0.05, 0.1) is 8.66 Å². The monoisotopic (exact) mass is 337 g/mol. The van der Waals surface area contributed by atoms with Crippen molar-refractivity contribution in [2.75, 3.05) is 12.4 Å². The van der Waals surface area contributed by atoms with E-state index in [0.29, 0.717) is 5.92 Å². The Balaban J connectivity index is 2.01. The van der Waals surface area contributed by atoms with Gasteiger partial charge < -0.3 is 5.32 Å². The highest BCUT2D eigenvalue weighted by Gasteiger charge is 2.20. The molecule has 1 aliphatic carbocycles. The maximum Gasteiger partial charge on any atom is 0.171 e. The molecule has 0 aromatic carbocycles. The van der Waals surface area contributed by atoms with Gasteiger partial charge in [0.15, 0.2) is 5.82 Å². The highest BCUT2D eigenvalue weighted by molar-refractivity contribution is 9.11. The van der Waals surface area contributed by atoms with Crippen LogP contribution in [0.1, 0.15) is 37.3 Å². The second-order valence-corrected chi connectivity index (χ2v) is 7.30. The summed E-state index contributed by atoms with van der Waals surface area (Å²) in [5.41, 5.74) is 1.19. The molecule has 0 aliphatic heterocycles. The van der Waals surface area contributed by atoms with Gasteiger partial charge in [-0.15, -0.1) is 11.3 Å². The van der Waals surface area contributed by atoms with Gasteiger partial charge in [0.2, 0.25) is 0 Å². The molecule has 1 N–H and O–H groups in total. The number of thiophene rings is 1. The van der Waals surface area contributed by atoms with E-state index >= 15 is 0 Å². The van der Waals surface area contributed by atoms with Crippen molar-refractivity contribution in [3.05, 3.63) is 27.7 Å². The molecule has 1 aliphatic rings. The van der Waals surface area contributed by atoms with E-state index in [4.69, 9.17) is 4.98 Å². The molecule has 0 spiro atoms. The maximum absolute atomic E-state index is 4.79. The van der Waals surface area contributed by atoms with Crippen molar-refractivity contribution in [1.29, 1.82) is 0 Å². The molecule has 0 saturated heterocycles. The van der Waals surface area contributed by atoms with E-state index in [9.17, 15) is 0 Å². The first-order valence-corrected chi connectivity index (χ1v) is 8.19. The van der Waals surface area contributed by atoms with Crippen LogP contribution in [0.3, 0.4) is 0 Å². The molecule has 0 radical (unpaired) electrons. The van der Waals surface area contributed by atoms with Crippen molar-refractivity contribution in [3.8, 4) is 10.7 Å². The van der Waals surface area contributed by atoms with E-state index in [-0.39, 0.29) is 0 Å². The fourth-order valence-electron chi connectivity index (χ4n) is 2.57. The van der Waals surface area contributed by atoms with Crippen LogP contribution in [0.25, 0.3) is 10.7 Å². The Kier molecular flexibility index (Phi) is 3.84. The minimum absolute atomic E-state index is 0.609. The van der Waals surface area contributed by atoms with E-state index in [0.717, 1.165) is 20.3 Å².